The number of carbonyl (C=O) groups is 1. The molecule has 0 fully saturated rings. The SMILES string of the molecule is Cc1ccc(CN(C)C(=O)Cn2ccc(=O)[nH]c2=O)cc1. The van der Waals surface area contributed by atoms with E-state index in [0.717, 1.165) is 11.1 Å². The molecule has 110 valence electrons. The number of hydrogen-bond acceptors (Lipinski definition) is 3. The van der Waals surface area contributed by atoms with Crippen LogP contribution in [0.15, 0.2) is 46.1 Å². The molecule has 0 radical (unpaired) electrons. The van der Waals surface area contributed by atoms with E-state index in [2.05, 4.69) is 4.98 Å². The molecule has 21 heavy (non-hydrogen) atoms. The summed E-state index contributed by atoms with van der Waals surface area (Å²) in [6, 6.07) is 9.12. The van der Waals surface area contributed by atoms with Gasteiger partial charge in [0.2, 0.25) is 5.91 Å². The summed E-state index contributed by atoms with van der Waals surface area (Å²) >= 11 is 0. The van der Waals surface area contributed by atoms with E-state index >= 15 is 0 Å². The van der Waals surface area contributed by atoms with Crippen LogP contribution in [0.5, 0.6) is 0 Å². The molecule has 0 saturated heterocycles. The minimum atomic E-state index is -0.584. The van der Waals surface area contributed by atoms with Gasteiger partial charge in [0.05, 0.1) is 0 Å². The zero-order valence-corrected chi connectivity index (χ0v) is 12.0. The van der Waals surface area contributed by atoms with Crippen LogP contribution in [0.25, 0.3) is 0 Å². The van der Waals surface area contributed by atoms with Gasteiger partial charge in [-0.2, -0.15) is 0 Å². The van der Waals surface area contributed by atoms with Crippen LogP contribution in [0.1, 0.15) is 11.1 Å². The number of aromatic nitrogens is 2. The minimum absolute atomic E-state index is 0.0992. The highest BCUT2D eigenvalue weighted by Gasteiger charge is 2.11. The number of nitrogens with zero attached hydrogens (tertiary/aromatic N) is 2. The molecule has 1 aromatic carbocycles. The number of amides is 1. The van der Waals surface area contributed by atoms with E-state index in [1.165, 1.54) is 16.8 Å². The van der Waals surface area contributed by atoms with Gasteiger partial charge >= 0.3 is 5.69 Å². The van der Waals surface area contributed by atoms with Crippen LogP contribution in [0, 0.1) is 6.92 Å². The number of likely N-dealkylation sites (N-methyl/N-ethyl adjacent to an activating group) is 1. The molecule has 1 aromatic heterocycles. The van der Waals surface area contributed by atoms with Gasteiger partial charge in [-0.1, -0.05) is 29.8 Å². The van der Waals surface area contributed by atoms with Crippen LogP contribution in [0.4, 0.5) is 0 Å². The fourth-order valence-corrected chi connectivity index (χ4v) is 1.89. The molecule has 6 nitrogen and oxygen atoms in total. The number of carbonyl (C=O) groups excluding carboxylic acids is 1. The standard InChI is InChI=1S/C15H17N3O3/c1-11-3-5-12(6-4-11)9-17(2)14(20)10-18-8-7-13(19)16-15(18)21/h3-8H,9-10H2,1-2H3,(H,16,19,21). The Bertz CT molecular complexity index is 744. The Hall–Kier alpha value is -2.63. The van der Waals surface area contributed by atoms with Gasteiger partial charge in [-0.05, 0) is 12.5 Å². The van der Waals surface area contributed by atoms with Crippen molar-refractivity contribution in [2.24, 2.45) is 0 Å². The van der Waals surface area contributed by atoms with Gasteiger partial charge in [0.15, 0.2) is 0 Å². The summed E-state index contributed by atoms with van der Waals surface area (Å²) in [7, 11) is 1.68. The van der Waals surface area contributed by atoms with Crippen molar-refractivity contribution >= 4 is 5.91 Å². The van der Waals surface area contributed by atoms with Crippen LogP contribution >= 0.6 is 0 Å². The lowest BCUT2D eigenvalue weighted by Crippen LogP contribution is -2.36. The van der Waals surface area contributed by atoms with Crippen molar-refractivity contribution in [2.45, 2.75) is 20.0 Å². The molecule has 1 N–H and O–H groups in total. The molecule has 1 heterocycles. The molecular formula is C15H17N3O3. The molecule has 0 unspecified atom stereocenters. The number of nitrogens with one attached hydrogen (secondary N) is 1. The largest absolute Gasteiger partial charge is 0.340 e. The van der Waals surface area contributed by atoms with Crippen molar-refractivity contribution in [1.82, 2.24) is 14.5 Å². The van der Waals surface area contributed by atoms with Gasteiger partial charge in [-0.3, -0.25) is 19.1 Å². The van der Waals surface area contributed by atoms with Crippen molar-refractivity contribution in [3.05, 3.63) is 68.5 Å². The van der Waals surface area contributed by atoms with Crippen molar-refractivity contribution in [3.8, 4) is 0 Å². The molecule has 0 aliphatic rings. The molecule has 0 atom stereocenters. The average Bonchev–Trinajstić information content (AvgIpc) is 2.44. The first kappa shape index (κ1) is 14.8. The van der Waals surface area contributed by atoms with Gasteiger partial charge < -0.3 is 4.90 Å². The summed E-state index contributed by atoms with van der Waals surface area (Å²) < 4.78 is 1.18. The molecule has 0 aliphatic heterocycles. The quantitative estimate of drug-likeness (QED) is 0.890. The molecule has 2 aromatic rings. The Morgan fingerprint density at radius 2 is 1.86 bits per heavy atom. The van der Waals surface area contributed by atoms with Gasteiger partial charge in [-0.15, -0.1) is 0 Å². The fourth-order valence-electron chi connectivity index (χ4n) is 1.89. The van der Waals surface area contributed by atoms with E-state index < -0.39 is 11.2 Å². The van der Waals surface area contributed by atoms with E-state index in [0.29, 0.717) is 6.54 Å². The van der Waals surface area contributed by atoms with Crippen molar-refractivity contribution in [3.63, 3.8) is 0 Å². The molecule has 6 heteroatoms. The number of rotatable bonds is 4. The highest BCUT2D eigenvalue weighted by Crippen LogP contribution is 2.06. The zero-order chi connectivity index (χ0) is 15.4. The summed E-state index contributed by atoms with van der Waals surface area (Å²) in [5.74, 6) is -0.204. The fraction of sp³-hybridized carbons (Fsp3) is 0.267. The van der Waals surface area contributed by atoms with Crippen molar-refractivity contribution < 1.29 is 4.79 Å². The number of aromatic amines is 1. The second-order valence-electron chi connectivity index (χ2n) is 4.97. The second-order valence-corrected chi connectivity index (χ2v) is 4.97. The van der Waals surface area contributed by atoms with E-state index in [1.807, 2.05) is 31.2 Å². The van der Waals surface area contributed by atoms with Crippen LogP contribution in [0.2, 0.25) is 0 Å². The van der Waals surface area contributed by atoms with E-state index in [1.54, 1.807) is 11.9 Å². The van der Waals surface area contributed by atoms with Crippen LogP contribution in [-0.2, 0) is 17.9 Å². The lowest BCUT2D eigenvalue weighted by Gasteiger charge is -2.17. The maximum atomic E-state index is 12.1. The number of hydrogen-bond donors (Lipinski definition) is 1. The molecule has 2 rings (SSSR count). The first-order chi connectivity index (χ1) is 9.95. The third kappa shape index (κ3) is 3.92. The number of H-pyrrole nitrogens is 1. The van der Waals surface area contributed by atoms with E-state index in [4.69, 9.17) is 0 Å². The normalized spacial score (nSPS) is 10.4. The zero-order valence-electron chi connectivity index (χ0n) is 12.0. The Morgan fingerprint density at radius 3 is 2.48 bits per heavy atom. The lowest BCUT2D eigenvalue weighted by atomic mass is 10.1. The lowest BCUT2D eigenvalue weighted by molar-refractivity contribution is -0.131. The van der Waals surface area contributed by atoms with Gasteiger partial charge in [-0.25, -0.2) is 4.79 Å². The molecule has 1 amide bonds. The summed E-state index contributed by atoms with van der Waals surface area (Å²) in [6.07, 6.45) is 1.32. The maximum Gasteiger partial charge on any atom is 0.328 e. The highest BCUT2D eigenvalue weighted by molar-refractivity contribution is 5.75. The molecule has 0 saturated carbocycles. The highest BCUT2D eigenvalue weighted by atomic mass is 16.2. The van der Waals surface area contributed by atoms with E-state index in [9.17, 15) is 14.4 Å². The predicted octanol–water partition coefficient (Wildman–Crippen LogP) is 0.504. The van der Waals surface area contributed by atoms with Gasteiger partial charge in [0, 0.05) is 25.9 Å². The monoisotopic (exact) mass is 287 g/mol. The molecule has 0 spiro atoms. The third-order valence-corrected chi connectivity index (χ3v) is 3.17. The predicted molar refractivity (Wildman–Crippen MR) is 79.0 cm³/mol. The van der Waals surface area contributed by atoms with Gasteiger partial charge in [0.25, 0.3) is 5.56 Å². The Labute approximate surface area is 121 Å². The summed E-state index contributed by atoms with van der Waals surface area (Å²) in [5, 5.41) is 0. The van der Waals surface area contributed by atoms with Crippen molar-refractivity contribution in [2.75, 3.05) is 7.05 Å². The van der Waals surface area contributed by atoms with E-state index in [-0.39, 0.29) is 12.5 Å². The minimum Gasteiger partial charge on any atom is -0.340 e. The van der Waals surface area contributed by atoms with Crippen LogP contribution in [0.3, 0.4) is 0 Å². The summed E-state index contributed by atoms with van der Waals surface area (Å²) in [6.45, 7) is 2.37. The van der Waals surface area contributed by atoms with Crippen LogP contribution in [-0.4, -0.2) is 27.4 Å². The first-order valence-electron chi connectivity index (χ1n) is 6.55. The molecular weight excluding hydrogens is 270 g/mol. The van der Waals surface area contributed by atoms with Crippen LogP contribution < -0.4 is 11.2 Å². The van der Waals surface area contributed by atoms with Gasteiger partial charge in [0.1, 0.15) is 6.54 Å². The third-order valence-electron chi connectivity index (χ3n) is 3.17. The Morgan fingerprint density at radius 1 is 1.19 bits per heavy atom. The number of aryl methyl sites for hydroxylation is 1. The topological polar surface area (TPSA) is 75.2 Å². The molecule has 0 aliphatic carbocycles. The summed E-state index contributed by atoms with van der Waals surface area (Å²) in [5.41, 5.74) is 1.12. The van der Waals surface area contributed by atoms with Crippen molar-refractivity contribution in [1.29, 1.82) is 0 Å². The average molecular weight is 287 g/mol. The Kier molecular flexibility index (Phi) is 4.37. The molecule has 0 bridgehead atoms. The second kappa shape index (κ2) is 6.21. The first-order valence-corrected chi connectivity index (χ1v) is 6.55. The Balaban J connectivity index is 2.04. The number of benzene rings is 1. The summed E-state index contributed by atoms with van der Waals surface area (Å²) in [4.78, 5) is 38.3. The maximum absolute atomic E-state index is 12.1. The smallest absolute Gasteiger partial charge is 0.328 e.